The van der Waals surface area contributed by atoms with Gasteiger partial charge in [-0.3, -0.25) is 0 Å². The summed E-state index contributed by atoms with van der Waals surface area (Å²) in [7, 11) is 7.90. The molecule has 28 heavy (non-hydrogen) atoms. The van der Waals surface area contributed by atoms with E-state index in [1.807, 2.05) is 24.3 Å². The van der Waals surface area contributed by atoms with Crippen molar-refractivity contribution in [1.82, 2.24) is 0 Å². The second-order valence-corrected chi connectivity index (χ2v) is 5.91. The first-order valence-corrected chi connectivity index (χ1v) is 8.80. The third-order valence-electron chi connectivity index (χ3n) is 4.33. The Labute approximate surface area is 165 Å². The zero-order valence-corrected chi connectivity index (χ0v) is 16.9. The van der Waals surface area contributed by atoms with Crippen LogP contribution in [0.5, 0.6) is 28.7 Å². The maximum absolute atomic E-state index is 12.4. The number of benzene rings is 2. The molecule has 1 atom stereocenters. The van der Waals surface area contributed by atoms with Gasteiger partial charge in [0.15, 0.2) is 23.0 Å². The number of methoxy groups -OCH3 is 5. The third-order valence-corrected chi connectivity index (χ3v) is 4.33. The Morgan fingerprint density at radius 3 is 1.93 bits per heavy atom. The summed E-state index contributed by atoms with van der Waals surface area (Å²) in [5, 5.41) is 0. The van der Waals surface area contributed by atoms with Gasteiger partial charge < -0.3 is 28.4 Å². The Kier molecular flexibility index (Phi) is 8.19. The monoisotopic (exact) mass is 394 g/mol. The average Bonchev–Trinajstić information content (AvgIpc) is 2.74. The van der Waals surface area contributed by atoms with Gasteiger partial charge in [0.25, 0.3) is 0 Å². The van der Waals surface area contributed by atoms with Crippen molar-refractivity contribution in [2.24, 2.45) is 0 Å². The zero-order valence-electron chi connectivity index (χ0n) is 16.9. The highest BCUT2D eigenvalue weighted by atomic mass is 19.1. The number of hydrogen-bond donors (Lipinski definition) is 0. The average molecular weight is 394 g/mol. The Balaban J connectivity index is 2.31. The van der Waals surface area contributed by atoms with Crippen LogP contribution in [0.1, 0.15) is 17.2 Å². The quantitative estimate of drug-likeness (QED) is 0.574. The molecule has 0 aromatic heterocycles. The van der Waals surface area contributed by atoms with Gasteiger partial charge in [0.2, 0.25) is 5.75 Å². The first kappa shape index (κ1) is 21.6. The largest absolute Gasteiger partial charge is 0.493 e. The van der Waals surface area contributed by atoms with Crippen LogP contribution in [0.15, 0.2) is 30.3 Å². The van der Waals surface area contributed by atoms with E-state index in [9.17, 15) is 4.39 Å². The molecule has 0 aliphatic rings. The van der Waals surface area contributed by atoms with Crippen LogP contribution in [-0.4, -0.2) is 48.8 Å². The van der Waals surface area contributed by atoms with Crippen LogP contribution in [0.2, 0.25) is 0 Å². The minimum atomic E-state index is -0.558. The number of rotatable bonds is 11. The molecule has 0 saturated heterocycles. The summed E-state index contributed by atoms with van der Waals surface area (Å²) in [6.07, 6.45) is 0.325. The van der Waals surface area contributed by atoms with Gasteiger partial charge >= 0.3 is 0 Å². The summed E-state index contributed by atoms with van der Waals surface area (Å²) in [5.74, 6) is 2.70. The van der Waals surface area contributed by atoms with Gasteiger partial charge in [0.1, 0.15) is 13.3 Å². The lowest BCUT2D eigenvalue weighted by atomic mass is 10.00. The van der Waals surface area contributed by atoms with Crippen molar-refractivity contribution in [3.8, 4) is 28.7 Å². The molecule has 2 aromatic carbocycles. The molecule has 0 amide bonds. The topological polar surface area (TPSA) is 55.4 Å². The zero-order chi connectivity index (χ0) is 20.5. The Bertz CT molecular complexity index is 740. The Morgan fingerprint density at radius 1 is 0.786 bits per heavy atom. The van der Waals surface area contributed by atoms with Crippen LogP contribution < -0.4 is 23.7 Å². The van der Waals surface area contributed by atoms with Crippen molar-refractivity contribution in [2.75, 3.05) is 48.8 Å². The maximum Gasteiger partial charge on any atom is 0.203 e. The van der Waals surface area contributed by atoms with Crippen molar-refractivity contribution in [1.29, 1.82) is 0 Å². The smallest absolute Gasteiger partial charge is 0.203 e. The fourth-order valence-electron chi connectivity index (χ4n) is 2.95. The fraction of sp³-hybridized carbons (Fsp3) is 0.429. The molecule has 0 N–H and O–H groups in total. The van der Waals surface area contributed by atoms with E-state index < -0.39 is 6.67 Å². The molecule has 1 unspecified atom stereocenters. The maximum atomic E-state index is 12.4. The second kappa shape index (κ2) is 10.6. The molecule has 0 fully saturated rings. The number of halogens is 1. The standard InChI is InChI=1S/C21H27FO6/c1-23-17(15-12-19(25-3)21(27-5)20(13-15)26-4)10-14-6-7-16(28-9-8-22)18(11-14)24-2/h6-7,11-13,17H,8-10H2,1-5H3. The molecule has 2 aromatic rings. The minimum absolute atomic E-state index is 0.0121. The lowest BCUT2D eigenvalue weighted by Crippen LogP contribution is -2.08. The van der Waals surface area contributed by atoms with Crippen molar-refractivity contribution in [3.05, 3.63) is 41.5 Å². The summed E-state index contributed by atoms with van der Waals surface area (Å²) in [4.78, 5) is 0. The summed E-state index contributed by atoms with van der Waals surface area (Å²) in [6, 6.07) is 9.26. The van der Waals surface area contributed by atoms with Gasteiger partial charge in [-0.05, 0) is 35.4 Å². The molecule has 0 radical (unpaired) electrons. The van der Waals surface area contributed by atoms with Crippen molar-refractivity contribution >= 4 is 0 Å². The molecule has 0 aliphatic heterocycles. The van der Waals surface area contributed by atoms with Crippen molar-refractivity contribution in [3.63, 3.8) is 0 Å². The minimum Gasteiger partial charge on any atom is -0.493 e. The lowest BCUT2D eigenvalue weighted by molar-refractivity contribution is 0.103. The van der Waals surface area contributed by atoms with Gasteiger partial charge in [-0.15, -0.1) is 0 Å². The normalized spacial score (nSPS) is 11.6. The van der Waals surface area contributed by atoms with E-state index in [2.05, 4.69) is 0 Å². The van der Waals surface area contributed by atoms with E-state index in [1.165, 1.54) is 0 Å². The highest BCUT2D eigenvalue weighted by Gasteiger charge is 2.20. The van der Waals surface area contributed by atoms with Gasteiger partial charge in [-0.25, -0.2) is 4.39 Å². The number of hydrogen-bond acceptors (Lipinski definition) is 6. The second-order valence-electron chi connectivity index (χ2n) is 5.91. The van der Waals surface area contributed by atoms with Crippen LogP contribution in [0, 0.1) is 0 Å². The van der Waals surface area contributed by atoms with Crippen molar-refractivity contribution < 1.29 is 32.8 Å². The molecule has 2 rings (SSSR count). The van der Waals surface area contributed by atoms with Crippen molar-refractivity contribution in [2.45, 2.75) is 12.5 Å². The van der Waals surface area contributed by atoms with Crippen LogP contribution in [0.3, 0.4) is 0 Å². The van der Waals surface area contributed by atoms with Gasteiger partial charge in [0.05, 0.1) is 34.5 Å². The highest BCUT2D eigenvalue weighted by molar-refractivity contribution is 5.54. The predicted octanol–water partition coefficient (Wildman–Crippen LogP) is 4.00. The van der Waals surface area contributed by atoms with E-state index in [4.69, 9.17) is 28.4 Å². The molecule has 0 saturated carbocycles. The first-order chi connectivity index (χ1) is 13.6. The van der Waals surface area contributed by atoms with Gasteiger partial charge in [-0.1, -0.05) is 6.07 Å². The van der Waals surface area contributed by atoms with Gasteiger partial charge in [-0.2, -0.15) is 0 Å². The van der Waals surface area contributed by atoms with Gasteiger partial charge in [0, 0.05) is 13.5 Å². The molecule has 0 spiro atoms. The van der Waals surface area contributed by atoms with E-state index in [0.717, 1.165) is 11.1 Å². The Hall–Kier alpha value is -2.67. The fourth-order valence-corrected chi connectivity index (χ4v) is 2.95. The number of ether oxygens (including phenoxy) is 6. The van der Waals surface area contributed by atoms with Crippen LogP contribution in [-0.2, 0) is 11.2 Å². The Morgan fingerprint density at radius 2 is 1.43 bits per heavy atom. The highest BCUT2D eigenvalue weighted by Crippen LogP contribution is 2.41. The summed E-state index contributed by atoms with van der Waals surface area (Å²) in [6.45, 7) is -0.570. The van der Waals surface area contributed by atoms with Crippen LogP contribution in [0.4, 0.5) is 4.39 Å². The van der Waals surface area contributed by atoms with E-state index in [0.29, 0.717) is 35.2 Å². The molecule has 0 bridgehead atoms. The number of alkyl halides is 1. The van der Waals surface area contributed by atoms with Crippen LogP contribution >= 0.6 is 0 Å². The molecular formula is C21H27FO6. The predicted molar refractivity (Wildman–Crippen MR) is 104 cm³/mol. The third kappa shape index (κ3) is 4.98. The van der Waals surface area contributed by atoms with E-state index in [1.54, 1.807) is 41.6 Å². The lowest BCUT2D eigenvalue weighted by Gasteiger charge is -2.20. The SMILES string of the molecule is COc1cc(CC(OC)c2cc(OC)c(OC)c(OC)c2)ccc1OCCF. The first-order valence-electron chi connectivity index (χ1n) is 8.80. The summed E-state index contributed by atoms with van der Waals surface area (Å²) >= 11 is 0. The van der Waals surface area contributed by atoms with E-state index >= 15 is 0 Å². The van der Waals surface area contributed by atoms with Crippen LogP contribution in [0.25, 0.3) is 0 Å². The summed E-state index contributed by atoms with van der Waals surface area (Å²) in [5.41, 5.74) is 1.86. The van der Waals surface area contributed by atoms with E-state index in [-0.39, 0.29) is 12.7 Å². The molecule has 0 heterocycles. The molecule has 7 heteroatoms. The summed E-state index contributed by atoms with van der Waals surface area (Å²) < 4.78 is 45.0. The molecule has 0 aliphatic carbocycles. The molecular weight excluding hydrogens is 367 g/mol. The molecule has 6 nitrogen and oxygen atoms in total. The molecule has 154 valence electrons.